The van der Waals surface area contributed by atoms with Gasteiger partial charge in [0.05, 0.1) is 32.2 Å². The molecule has 4 amide bonds. The van der Waals surface area contributed by atoms with E-state index in [9.17, 15) is 19.5 Å². The van der Waals surface area contributed by atoms with Gasteiger partial charge in [-0.25, -0.2) is 4.79 Å². The minimum Gasteiger partial charge on any atom is -0.507 e. The van der Waals surface area contributed by atoms with E-state index in [4.69, 9.17) is 21.6 Å². The van der Waals surface area contributed by atoms with Gasteiger partial charge < -0.3 is 30.7 Å². The number of aromatic hydroxyl groups is 1. The normalized spacial score (nSPS) is 16.4. The number of aryl methyl sites for hydroxylation is 1. The number of halogens is 1. The Bertz CT molecular complexity index is 1840. The predicted octanol–water partition coefficient (Wildman–Crippen LogP) is 4.86. The van der Waals surface area contributed by atoms with Gasteiger partial charge in [-0.3, -0.25) is 14.3 Å². The molecule has 1 aliphatic carbocycles. The molecule has 12 nitrogen and oxygen atoms in total. The van der Waals surface area contributed by atoms with Gasteiger partial charge in [0.1, 0.15) is 23.5 Å². The van der Waals surface area contributed by atoms with Crippen LogP contribution in [0.5, 0.6) is 5.75 Å². The van der Waals surface area contributed by atoms with Gasteiger partial charge in [0, 0.05) is 40.6 Å². The van der Waals surface area contributed by atoms with Crippen LogP contribution in [-0.2, 0) is 20.9 Å². The number of rotatable bonds is 10. The number of nitrogens with one attached hydrogen (secondary N) is 3. The highest BCUT2D eigenvalue weighted by atomic mass is 35.5. The molecule has 2 heterocycles. The molecule has 48 heavy (non-hydrogen) atoms. The highest BCUT2D eigenvalue weighted by Gasteiger charge is 2.38. The second-order valence-electron chi connectivity index (χ2n) is 11.6. The van der Waals surface area contributed by atoms with Gasteiger partial charge in [0.2, 0.25) is 5.91 Å². The summed E-state index contributed by atoms with van der Waals surface area (Å²) < 4.78 is 7.26. The Balaban J connectivity index is 1.20. The van der Waals surface area contributed by atoms with Crippen LogP contribution >= 0.6 is 11.6 Å². The molecule has 1 saturated carbocycles. The number of phenols is 1. The van der Waals surface area contributed by atoms with E-state index in [1.807, 2.05) is 6.07 Å². The second-order valence-corrected chi connectivity index (χ2v) is 12.1. The van der Waals surface area contributed by atoms with E-state index in [0.717, 1.165) is 18.4 Å². The van der Waals surface area contributed by atoms with E-state index in [0.29, 0.717) is 39.6 Å². The van der Waals surface area contributed by atoms with Crippen molar-refractivity contribution in [2.75, 3.05) is 25.1 Å². The van der Waals surface area contributed by atoms with Crippen LogP contribution < -0.4 is 16.0 Å². The smallest absolute Gasteiger partial charge is 0.315 e. The van der Waals surface area contributed by atoms with Crippen molar-refractivity contribution in [3.05, 3.63) is 89.6 Å². The van der Waals surface area contributed by atoms with Crippen molar-refractivity contribution >= 4 is 35.1 Å². The first kappa shape index (κ1) is 32.6. The molecule has 3 aromatic carbocycles. The lowest BCUT2D eigenvalue weighted by Gasteiger charge is -2.37. The topological polar surface area (TPSA) is 162 Å². The molecule has 0 unspecified atom stereocenters. The Morgan fingerprint density at radius 1 is 1.06 bits per heavy atom. The first-order chi connectivity index (χ1) is 23.3. The molecule has 2 fully saturated rings. The Morgan fingerprint density at radius 3 is 2.56 bits per heavy atom. The number of urea groups is 1. The van der Waals surface area contributed by atoms with Gasteiger partial charge in [-0.15, -0.1) is 0 Å². The Morgan fingerprint density at radius 2 is 1.83 bits per heavy atom. The van der Waals surface area contributed by atoms with E-state index < -0.39 is 29.9 Å². The van der Waals surface area contributed by atoms with E-state index in [1.165, 1.54) is 11.0 Å². The third-order valence-corrected chi connectivity index (χ3v) is 8.41. The number of carbonyl (C=O) groups excluding carboxylic acids is 3. The molecule has 0 radical (unpaired) electrons. The minimum atomic E-state index is -0.986. The number of aromatic nitrogens is 2. The molecule has 0 bridgehead atoms. The van der Waals surface area contributed by atoms with E-state index in [-0.39, 0.29) is 38.0 Å². The van der Waals surface area contributed by atoms with Gasteiger partial charge in [0.15, 0.2) is 0 Å². The maximum atomic E-state index is 14.0. The number of hydrogen-bond donors (Lipinski definition) is 4. The first-order valence-corrected chi connectivity index (χ1v) is 16.0. The maximum Gasteiger partial charge on any atom is 0.315 e. The van der Waals surface area contributed by atoms with Gasteiger partial charge in [-0.2, -0.15) is 10.4 Å². The minimum absolute atomic E-state index is 0.000191. The average Bonchev–Trinajstić information content (AvgIpc) is 3.82. The van der Waals surface area contributed by atoms with E-state index in [1.54, 1.807) is 71.5 Å². The first-order valence-electron chi connectivity index (χ1n) is 15.7. The average molecular weight is 668 g/mol. The Kier molecular flexibility index (Phi) is 9.89. The number of nitrogens with zero attached hydrogens (tertiary/aromatic N) is 4. The zero-order valence-electron chi connectivity index (χ0n) is 25.9. The van der Waals surface area contributed by atoms with Gasteiger partial charge in [0.25, 0.3) is 5.91 Å². The summed E-state index contributed by atoms with van der Waals surface area (Å²) in [5, 5.41) is 33.3. The number of benzene rings is 3. The zero-order valence-corrected chi connectivity index (χ0v) is 26.7. The molecule has 2 atom stereocenters. The van der Waals surface area contributed by atoms with E-state index in [2.05, 4.69) is 27.1 Å². The van der Waals surface area contributed by atoms with Crippen LogP contribution in [0.25, 0.3) is 22.4 Å². The summed E-state index contributed by atoms with van der Waals surface area (Å²) in [7, 11) is 0. The fraction of sp³-hybridized carbons (Fsp3) is 0.286. The van der Waals surface area contributed by atoms with Crippen molar-refractivity contribution in [3.8, 4) is 34.2 Å². The maximum absolute atomic E-state index is 14.0. The summed E-state index contributed by atoms with van der Waals surface area (Å²) in [6, 6.07) is 20.6. The molecule has 2 aliphatic rings. The van der Waals surface area contributed by atoms with Crippen LogP contribution in [-0.4, -0.2) is 69.5 Å². The van der Waals surface area contributed by atoms with Crippen LogP contribution in [0.3, 0.4) is 0 Å². The molecule has 1 aliphatic heterocycles. The van der Waals surface area contributed by atoms with Crippen LogP contribution in [0.15, 0.2) is 79.0 Å². The van der Waals surface area contributed by atoms with Crippen LogP contribution in [0.2, 0.25) is 5.02 Å². The highest BCUT2D eigenvalue weighted by Crippen LogP contribution is 2.38. The number of ether oxygens (including phenoxy) is 1. The summed E-state index contributed by atoms with van der Waals surface area (Å²) >= 11 is 6.23. The zero-order chi connectivity index (χ0) is 33.6. The Labute approximate surface area is 282 Å². The predicted molar refractivity (Wildman–Crippen MR) is 179 cm³/mol. The molecular formula is C35H34ClN7O5. The lowest BCUT2D eigenvalue weighted by molar-refractivity contribution is -0.148. The Hall–Kier alpha value is -5.38. The quantitative estimate of drug-likeness (QED) is 0.188. The lowest BCUT2D eigenvalue weighted by atomic mass is 10.0. The molecule has 6 rings (SSSR count). The van der Waals surface area contributed by atoms with Crippen molar-refractivity contribution in [1.29, 1.82) is 5.26 Å². The van der Waals surface area contributed by atoms with Gasteiger partial charge >= 0.3 is 6.03 Å². The fourth-order valence-electron chi connectivity index (χ4n) is 5.54. The fourth-order valence-corrected chi connectivity index (χ4v) is 5.71. The number of phenolic OH excluding ortho intramolecular Hbond substituents is 1. The summed E-state index contributed by atoms with van der Waals surface area (Å²) in [6.45, 7) is 0.801. The molecule has 4 N–H and O–H groups in total. The third kappa shape index (κ3) is 7.60. The number of anilines is 1. The summed E-state index contributed by atoms with van der Waals surface area (Å²) in [6.07, 6.45) is 3.87. The number of morpholine rings is 1. The monoisotopic (exact) mass is 667 g/mol. The number of amides is 4. The molecule has 0 spiro atoms. The van der Waals surface area contributed by atoms with Crippen molar-refractivity contribution in [2.24, 2.45) is 0 Å². The number of carbonyl (C=O) groups is 3. The van der Waals surface area contributed by atoms with Gasteiger partial charge in [-0.05, 0) is 54.3 Å². The second kappa shape index (κ2) is 14.6. The highest BCUT2D eigenvalue weighted by molar-refractivity contribution is 6.31. The molecule has 13 heteroatoms. The summed E-state index contributed by atoms with van der Waals surface area (Å²) in [4.78, 5) is 41.7. The van der Waals surface area contributed by atoms with Crippen molar-refractivity contribution in [2.45, 2.75) is 43.9 Å². The van der Waals surface area contributed by atoms with Crippen LogP contribution in [0.4, 0.5) is 10.5 Å². The van der Waals surface area contributed by atoms with Crippen molar-refractivity contribution in [3.63, 3.8) is 0 Å². The van der Waals surface area contributed by atoms with Crippen LogP contribution in [0, 0.1) is 11.3 Å². The molecular weight excluding hydrogens is 634 g/mol. The molecule has 246 valence electrons. The van der Waals surface area contributed by atoms with Crippen molar-refractivity contribution in [1.82, 2.24) is 25.3 Å². The third-order valence-electron chi connectivity index (χ3n) is 8.17. The lowest BCUT2D eigenvalue weighted by Crippen LogP contribution is -2.57. The molecule has 4 aromatic rings. The van der Waals surface area contributed by atoms with E-state index >= 15 is 0 Å². The standard InChI is InChI=1S/C35H34ClN7O5/c36-24-9-14-30(44)27(19-24)32-28(20-42(41-32)16-4-15-37)22-7-10-25(11-8-22)38-33(45)29-21-48-18-17-43(29)34(46)31(23-5-2-1-3-6-23)40-35(47)39-26-12-13-26/h1-3,5-11,14,19-20,26,29,31,44H,4,12-13,16-18,21H2,(H,38,45)(H2,39,40,47)/t29-,31+/m0/s1. The molecule has 1 saturated heterocycles. The largest absolute Gasteiger partial charge is 0.507 e. The van der Waals surface area contributed by atoms with Gasteiger partial charge in [-0.1, -0.05) is 54.1 Å². The summed E-state index contributed by atoms with van der Waals surface area (Å²) in [5.74, 6) is -0.827. The number of nitriles is 1. The summed E-state index contributed by atoms with van der Waals surface area (Å²) in [5.41, 5.74) is 3.49. The van der Waals surface area contributed by atoms with Crippen molar-refractivity contribution < 1.29 is 24.2 Å². The molecule has 1 aromatic heterocycles. The number of hydrogen-bond acceptors (Lipinski definition) is 7. The SMILES string of the molecule is N#CCCn1cc(-c2ccc(NC(=O)[C@@H]3COCCN3C(=O)[C@H](NC(=O)NC3CC3)c3ccccc3)cc2)c(-c2cc(Cl)ccc2O)n1. The van der Waals surface area contributed by atoms with Crippen LogP contribution in [0.1, 0.15) is 30.9 Å².